The Morgan fingerprint density at radius 3 is 1.04 bits per heavy atom. The minimum absolute atomic E-state index is 0.766. The molecule has 0 saturated carbocycles. The lowest BCUT2D eigenvalue weighted by Gasteiger charge is -2.17. The Morgan fingerprint density at radius 2 is 0.714 bits per heavy atom. The highest BCUT2D eigenvalue weighted by molar-refractivity contribution is 6.04. The van der Waals surface area contributed by atoms with Gasteiger partial charge in [-0.15, -0.1) is 0 Å². The van der Waals surface area contributed by atoms with Crippen LogP contribution in [0.1, 0.15) is 22.3 Å². The Morgan fingerprint density at radius 1 is 0.429 bits per heavy atom. The maximum atomic E-state index is 11.6. The first-order valence-corrected chi connectivity index (χ1v) is 8.96. The van der Waals surface area contributed by atoms with Crippen LogP contribution in [-0.4, -0.2) is 0 Å². The number of pyridine rings is 2. The van der Waals surface area contributed by atoms with Gasteiger partial charge in [0, 0.05) is 24.3 Å². The van der Waals surface area contributed by atoms with E-state index in [2.05, 4.69) is 24.3 Å². The summed E-state index contributed by atoms with van der Waals surface area (Å²) < 4.78 is 1.53. The highest BCUT2D eigenvalue weighted by Gasteiger charge is 2.17. The predicted octanol–water partition coefficient (Wildman–Crippen LogP) is 3.96. The van der Waals surface area contributed by atoms with Crippen LogP contribution in [0.2, 0.25) is 0 Å². The minimum Gasteiger partial charge on any atom is -0.619 e. The van der Waals surface area contributed by atoms with Gasteiger partial charge >= 0.3 is 0 Å². The molecule has 0 aliphatic carbocycles. The van der Waals surface area contributed by atoms with Gasteiger partial charge in [0.1, 0.15) is 0 Å². The maximum Gasteiger partial charge on any atom is 0.180 e. The van der Waals surface area contributed by atoms with Gasteiger partial charge in [-0.2, -0.15) is 9.46 Å². The third-order valence-electron chi connectivity index (χ3n) is 4.56. The molecule has 4 rings (SSSR count). The van der Waals surface area contributed by atoms with Gasteiger partial charge in [-0.3, -0.25) is 0 Å². The normalized spacial score (nSPS) is 10.4. The fourth-order valence-corrected chi connectivity index (χ4v) is 3.28. The Kier molecular flexibility index (Phi) is 4.85. The molecule has 0 atom stereocenters. The van der Waals surface area contributed by atoms with Gasteiger partial charge < -0.3 is 10.4 Å². The van der Waals surface area contributed by atoms with E-state index in [4.69, 9.17) is 0 Å². The molecule has 0 unspecified atom stereocenters. The Balaban J connectivity index is 2.08. The summed E-state index contributed by atoms with van der Waals surface area (Å²) in [6.07, 6.45) is 5.94. The third kappa shape index (κ3) is 3.62. The molecule has 0 amide bonds. The summed E-state index contributed by atoms with van der Waals surface area (Å²) in [5.74, 6) is 0. The number of hydrogen-bond donors (Lipinski definition) is 0. The third-order valence-corrected chi connectivity index (χ3v) is 4.56. The van der Waals surface area contributed by atoms with Crippen LogP contribution in [0, 0.1) is 10.4 Å². The van der Waals surface area contributed by atoms with Crippen molar-refractivity contribution in [3.05, 3.63) is 142 Å². The maximum absolute atomic E-state index is 11.6. The van der Waals surface area contributed by atoms with Crippen molar-refractivity contribution in [3.8, 4) is 0 Å². The molecule has 0 aliphatic rings. The molecule has 0 fully saturated rings. The van der Waals surface area contributed by atoms with Gasteiger partial charge in [0.15, 0.2) is 24.8 Å². The molecule has 4 aromatic rings. The van der Waals surface area contributed by atoms with Crippen molar-refractivity contribution in [1.29, 1.82) is 0 Å². The summed E-state index contributed by atoms with van der Waals surface area (Å²) in [6.45, 7) is 0. The molecule has 0 N–H and O–H groups in total. The van der Waals surface area contributed by atoms with E-state index < -0.39 is 0 Å². The average molecular weight is 366 g/mol. The first kappa shape index (κ1) is 17.5. The number of rotatable bonds is 4. The molecule has 4 nitrogen and oxygen atoms in total. The van der Waals surface area contributed by atoms with Crippen molar-refractivity contribution in [1.82, 2.24) is 0 Å². The molecule has 0 saturated heterocycles. The van der Waals surface area contributed by atoms with E-state index in [0.717, 1.165) is 42.9 Å². The zero-order valence-electron chi connectivity index (χ0n) is 15.1. The molecular weight excluding hydrogens is 348 g/mol. The highest BCUT2D eigenvalue weighted by Crippen LogP contribution is 2.36. The topological polar surface area (TPSA) is 53.9 Å². The van der Waals surface area contributed by atoms with E-state index in [1.54, 1.807) is 24.3 Å². The fraction of sp³-hybridized carbons (Fsp3) is 0. The van der Waals surface area contributed by atoms with E-state index >= 15 is 0 Å². The van der Waals surface area contributed by atoms with Crippen molar-refractivity contribution in [2.45, 2.75) is 0 Å². The molecule has 0 bridgehead atoms. The number of nitrogens with zero attached hydrogens (tertiary/aromatic N) is 2. The van der Waals surface area contributed by atoms with Gasteiger partial charge in [0.2, 0.25) is 0 Å². The fourth-order valence-electron chi connectivity index (χ4n) is 3.28. The standard InChI is InChI=1S/C24H18N2O2/c27-25-15-11-21(12-16-25)24(22-13-17-26(28)18-14-22)23(19-7-3-1-4-8-19)20-9-5-2-6-10-20/h1-18H. The molecule has 0 radical (unpaired) electrons. The SMILES string of the molecule is [O-][n+]1ccc(C(=C(c2ccccc2)c2ccccc2)c2cc[n+]([O-])cc2)cc1. The molecule has 2 aromatic carbocycles. The second-order valence-electron chi connectivity index (χ2n) is 6.38. The first-order chi connectivity index (χ1) is 13.7. The Hall–Kier alpha value is -3.92. The van der Waals surface area contributed by atoms with Crippen LogP contribution in [0.4, 0.5) is 0 Å². The summed E-state index contributed by atoms with van der Waals surface area (Å²) in [7, 11) is 0. The molecule has 4 heteroatoms. The molecule has 2 heterocycles. The van der Waals surface area contributed by atoms with Crippen molar-refractivity contribution in [2.24, 2.45) is 0 Å². The monoisotopic (exact) mass is 366 g/mol. The zero-order valence-corrected chi connectivity index (χ0v) is 15.1. The Labute approximate surface area is 163 Å². The second kappa shape index (κ2) is 7.76. The van der Waals surface area contributed by atoms with Crippen LogP contribution in [0.15, 0.2) is 110 Å². The quantitative estimate of drug-likeness (QED) is 0.405. The van der Waals surface area contributed by atoms with Crippen LogP contribution in [0.25, 0.3) is 11.1 Å². The van der Waals surface area contributed by atoms with E-state index in [1.165, 1.54) is 24.8 Å². The number of hydrogen-bond acceptors (Lipinski definition) is 2. The lowest BCUT2D eigenvalue weighted by Crippen LogP contribution is -2.24. The molecular formula is C24H18N2O2. The van der Waals surface area contributed by atoms with Gasteiger partial charge in [-0.05, 0) is 33.4 Å². The van der Waals surface area contributed by atoms with Crippen molar-refractivity contribution in [3.63, 3.8) is 0 Å². The van der Waals surface area contributed by atoms with Crippen LogP contribution in [-0.2, 0) is 0 Å². The minimum atomic E-state index is 0.766. The summed E-state index contributed by atoms with van der Waals surface area (Å²) in [5.41, 5.74) is 5.91. The van der Waals surface area contributed by atoms with Gasteiger partial charge in [-0.25, -0.2) is 0 Å². The van der Waals surface area contributed by atoms with Gasteiger partial charge in [0.05, 0.1) is 0 Å². The summed E-state index contributed by atoms with van der Waals surface area (Å²) in [6, 6.07) is 27.4. The van der Waals surface area contributed by atoms with E-state index in [1.807, 2.05) is 36.4 Å². The average Bonchev–Trinajstić information content (AvgIpc) is 2.75. The lowest BCUT2D eigenvalue weighted by atomic mass is 9.86. The molecule has 28 heavy (non-hydrogen) atoms. The largest absolute Gasteiger partial charge is 0.619 e. The van der Waals surface area contributed by atoms with Crippen molar-refractivity contribution < 1.29 is 9.46 Å². The molecule has 136 valence electrons. The molecule has 2 aromatic heterocycles. The predicted molar refractivity (Wildman–Crippen MR) is 109 cm³/mol. The molecule has 0 spiro atoms. The summed E-state index contributed by atoms with van der Waals surface area (Å²) >= 11 is 0. The van der Waals surface area contributed by atoms with E-state index in [-0.39, 0.29) is 0 Å². The van der Waals surface area contributed by atoms with Crippen LogP contribution in [0.5, 0.6) is 0 Å². The van der Waals surface area contributed by atoms with Crippen molar-refractivity contribution in [2.75, 3.05) is 0 Å². The smallest absolute Gasteiger partial charge is 0.180 e. The number of benzene rings is 2. The lowest BCUT2D eigenvalue weighted by molar-refractivity contribution is -0.605. The number of aromatic nitrogens is 2. The van der Waals surface area contributed by atoms with Gasteiger partial charge in [0.25, 0.3) is 0 Å². The van der Waals surface area contributed by atoms with Crippen molar-refractivity contribution >= 4 is 11.1 Å². The second-order valence-corrected chi connectivity index (χ2v) is 6.38. The first-order valence-electron chi connectivity index (χ1n) is 8.96. The highest BCUT2D eigenvalue weighted by atomic mass is 16.5. The van der Waals surface area contributed by atoms with Crippen LogP contribution in [0.3, 0.4) is 0 Å². The van der Waals surface area contributed by atoms with Crippen LogP contribution >= 0.6 is 0 Å². The zero-order chi connectivity index (χ0) is 19.3. The van der Waals surface area contributed by atoms with Crippen LogP contribution < -0.4 is 9.46 Å². The summed E-state index contributed by atoms with van der Waals surface area (Å²) in [4.78, 5) is 0. The van der Waals surface area contributed by atoms with E-state index in [0.29, 0.717) is 0 Å². The Bertz CT molecular complexity index is 1000. The summed E-state index contributed by atoms with van der Waals surface area (Å²) in [5, 5.41) is 23.2. The molecule has 0 aliphatic heterocycles. The van der Waals surface area contributed by atoms with E-state index in [9.17, 15) is 10.4 Å². The van der Waals surface area contributed by atoms with Gasteiger partial charge in [-0.1, -0.05) is 60.7 Å².